The minimum atomic E-state index is 0.0364. The van der Waals surface area contributed by atoms with Crippen molar-refractivity contribution in [1.29, 1.82) is 0 Å². The van der Waals surface area contributed by atoms with Gasteiger partial charge in [0.15, 0.2) is 0 Å². The number of aliphatic hydroxyl groups excluding tert-OH is 1. The van der Waals surface area contributed by atoms with Crippen LogP contribution in [0.2, 0.25) is 0 Å². The van der Waals surface area contributed by atoms with Gasteiger partial charge in [-0.3, -0.25) is 0 Å². The fraction of sp³-hybridized carbons (Fsp3) is 0.312. The number of hydrogen-bond acceptors (Lipinski definition) is 16. The van der Waals surface area contributed by atoms with Gasteiger partial charge in [-0.25, -0.2) is 39.9 Å². The lowest BCUT2D eigenvalue weighted by Crippen LogP contribution is -2.22. The Labute approximate surface area is 642 Å². The number of aromatic nitrogens is 8. The molecule has 0 bridgehead atoms. The fourth-order valence-corrected chi connectivity index (χ4v) is 15.6. The molecule has 17 rings (SSSR count). The van der Waals surface area contributed by atoms with E-state index in [4.69, 9.17) is 34.5 Å². The summed E-state index contributed by atoms with van der Waals surface area (Å²) in [4.78, 5) is 40.1. The number of aliphatic hydroxyl groups is 1. The summed E-state index contributed by atoms with van der Waals surface area (Å²) in [6.45, 7) is 17.0. The third-order valence-electron chi connectivity index (χ3n) is 20.9. The normalized spacial score (nSPS) is 16.1. The summed E-state index contributed by atoms with van der Waals surface area (Å²) in [5.41, 5.74) is 24.7. The second-order valence-corrected chi connectivity index (χ2v) is 29.4. The average molecular weight is 1450 g/mol. The summed E-state index contributed by atoms with van der Waals surface area (Å²) in [6, 6.07) is 77.3. The first-order valence-electron chi connectivity index (χ1n) is 39.2. The van der Waals surface area contributed by atoms with Gasteiger partial charge in [-0.1, -0.05) is 232 Å². The zero-order chi connectivity index (χ0) is 74.5. The van der Waals surface area contributed by atoms with E-state index in [-0.39, 0.29) is 12.7 Å². The lowest BCUT2D eigenvalue weighted by atomic mass is 9.78. The molecular weight excluding hydrogens is 1350 g/mol. The fourth-order valence-electron chi connectivity index (χ4n) is 15.6. The number of likely N-dealkylation sites (tertiary alicyclic amines) is 1. The van der Waals surface area contributed by atoms with Gasteiger partial charge in [0, 0.05) is 103 Å². The summed E-state index contributed by atoms with van der Waals surface area (Å²) >= 11 is 0. The van der Waals surface area contributed by atoms with Crippen LogP contribution in [0.1, 0.15) is 144 Å². The second kappa shape index (κ2) is 37.3. The van der Waals surface area contributed by atoms with Crippen LogP contribution in [-0.4, -0.2) is 128 Å². The molecule has 5 N–H and O–H groups in total. The van der Waals surface area contributed by atoms with Gasteiger partial charge in [-0.05, 0) is 158 Å². The first kappa shape index (κ1) is 75.0. The van der Waals surface area contributed by atoms with Crippen molar-refractivity contribution in [2.24, 2.45) is 5.92 Å². The molecule has 0 saturated carbocycles. The highest BCUT2D eigenvalue weighted by atomic mass is 16.5. The molecule has 5 aliphatic rings. The molecule has 16 heteroatoms. The first-order valence-corrected chi connectivity index (χ1v) is 39.2. The topological polar surface area (TPSA) is 193 Å². The van der Waals surface area contributed by atoms with Gasteiger partial charge in [-0.15, -0.1) is 0 Å². The van der Waals surface area contributed by atoms with Gasteiger partial charge in [-0.2, -0.15) is 0 Å². The van der Waals surface area contributed by atoms with E-state index in [1.807, 2.05) is 24.8 Å². The lowest BCUT2D eigenvalue weighted by Gasteiger charge is -2.27. The Bertz CT molecular complexity index is 4890. The number of nitrogens with one attached hydrogen (secondary N) is 4. The van der Waals surface area contributed by atoms with Gasteiger partial charge in [0.05, 0.1) is 48.7 Å². The summed E-state index contributed by atoms with van der Waals surface area (Å²) < 4.78 is 10.9. The summed E-state index contributed by atoms with van der Waals surface area (Å²) in [7, 11) is 0. The van der Waals surface area contributed by atoms with Crippen molar-refractivity contribution in [2.75, 3.05) is 93.5 Å². The summed E-state index contributed by atoms with van der Waals surface area (Å²) in [5, 5.41) is 22.1. The summed E-state index contributed by atoms with van der Waals surface area (Å²) in [5.74, 6) is 4.73. The molecule has 8 aromatic carbocycles. The molecule has 4 atom stereocenters. The van der Waals surface area contributed by atoms with Crippen LogP contribution >= 0.6 is 0 Å². The SMILES string of the molecule is CC(C)CNc1ncc2c(n1)-c1ccccc1C(c1ccccc1)C2.CC(C)OCCCNc1ncc2c(n1)-c1ccccc1C(c1ccccc1)C2.OCCOCCNc1ncc2c(n1)-c1ccccc1C(c1ccccc1)C2.c1ccc(C2Cc3cnc(NCCCN4CCCC4)nc3-c3ccccc32)cc1. The van der Waals surface area contributed by atoms with Crippen LogP contribution < -0.4 is 21.3 Å². The molecule has 5 heterocycles. The van der Waals surface area contributed by atoms with Gasteiger partial charge in [0.2, 0.25) is 23.8 Å². The van der Waals surface area contributed by atoms with E-state index in [0.29, 0.717) is 61.2 Å². The van der Waals surface area contributed by atoms with E-state index < -0.39 is 0 Å². The maximum atomic E-state index is 8.74. The molecule has 4 aromatic heterocycles. The highest BCUT2D eigenvalue weighted by molar-refractivity contribution is 5.76. The highest BCUT2D eigenvalue weighted by Crippen LogP contribution is 2.46. The molecule has 0 spiro atoms. The van der Waals surface area contributed by atoms with E-state index in [9.17, 15) is 0 Å². The number of anilines is 4. The molecule has 12 aromatic rings. The van der Waals surface area contributed by atoms with Crippen molar-refractivity contribution in [3.8, 4) is 45.0 Å². The molecule has 1 saturated heterocycles. The predicted molar refractivity (Wildman–Crippen MR) is 441 cm³/mol. The zero-order valence-electron chi connectivity index (χ0n) is 63.3. The lowest BCUT2D eigenvalue weighted by molar-refractivity contribution is 0.0787. The van der Waals surface area contributed by atoms with Crippen LogP contribution in [-0.2, 0) is 35.2 Å². The summed E-state index contributed by atoms with van der Waals surface area (Å²) in [6.07, 6.45) is 16.7. The van der Waals surface area contributed by atoms with Crippen LogP contribution in [0.4, 0.5) is 23.8 Å². The van der Waals surface area contributed by atoms with Crippen molar-refractivity contribution in [1.82, 2.24) is 44.8 Å². The van der Waals surface area contributed by atoms with Gasteiger partial charge in [0.1, 0.15) is 0 Å². The smallest absolute Gasteiger partial charge is 0.223 e. The van der Waals surface area contributed by atoms with Crippen LogP contribution in [0.25, 0.3) is 45.0 Å². The average Bonchev–Trinajstić information content (AvgIpc) is 1.11. The molecule has 16 nitrogen and oxygen atoms in total. The van der Waals surface area contributed by atoms with Crippen molar-refractivity contribution in [3.63, 3.8) is 0 Å². The largest absolute Gasteiger partial charge is 0.394 e. The Kier molecular flexibility index (Phi) is 25.6. The maximum absolute atomic E-state index is 8.74. The van der Waals surface area contributed by atoms with E-state index in [2.05, 4.69) is 292 Å². The van der Waals surface area contributed by atoms with Crippen molar-refractivity contribution in [3.05, 3.63) is 310 Å². The van der Waals surface area contributed by atoms with Crippen LogP contribution in [0.5, 0.6) is 0 Å². The molecule has 556 valence electrons. The number of rotatable bonds is 24. The van der Waals surface area contributed by atoms with E-state index in [1.54, 1.807) is 0 Å². The molecule has 4 aliphatic carbocycles. The minimum absolute atomic E-state index is 0.0364. The molecule has 109 heavy (non-hydrogen) atoms. The monoisotopic (exact) mass is 1450 g/mol. The highest BCUT2D eigenvalue weighted by Gasteiger charge is 2.32. The Morgan fingerprint density at radius 3 is 1.04 bits per heavy atom. The van der Waals surface area contributed by atoms with Crippen LogP contribution in [0.15, 0.2) is 243 Å². The number of nitrogens with zero attached hydrogens (tertiary/aromatic N) is 9. The number of ether oxygens (including phenoxy) is 2. The number of hydrogen-bond donors (Lipinski definition) is 5. The van der Waals surface area contributed by atoms with Crippen LogP contribution in [0.3, 0.4) is 0 Å². The minimum Gasteiger partial charge on any atom is -0.394 e. The van der Waals surface area contributed by atoms with Crippen molar-refractivity contribution >= 4 is 23.8 Å². The Morgan fingerprint density at radius 2 is 0.697 bits per heavy atom. The van der Waals surface area contributed by atoms with E-state index >= 15 is 0 Å². The third-order valence-corrected chi connectivity index (χ3v) is 20.9. The molecule has 4 unspecified atom stereocenters. The van der Waals surface area contributed by atoms with E-state index in [1.165, 1.54) is 121 Å². The molecule has 1 aliphatic heterocycles. The van der Waals surface area contributed by atoms with Gasteiger partial charge < -0.3 is 40.7 Å². The Balaban J connectivity index is 0.000000122. The number of fused-ring (bicyclic) bond motifs is 12. The predicted octanol–water partition coefficient (Wildman–Crippen LogP) is 17.9. The van der Waals surface area contributed by atoms with Gasteiger partial charge in [0.25, 0.3) is 0 Å². The molecule has 1 fully saturated rings. The quantitative estimate of drug-likeness (QED) is 0.0358. The van der Waals surface area contributed by atoms with Crippen molar-refractivity contribution < 1.29 is 14.6 Å². The van der Waals surface area contributed by atoms with Crippen LogP contribution in [0, 0.1) is 5.92 Å². The molecule has 0 amide bonds. The standard InChI is InChI=1S/C25H28N4.C24H27N3O.C22H23N3O2.C22H23N3/c1-2-9-19(10-3-1)23-17-20-18-27-25(26-13-8-16-29-14-6-7-15-29)28-24(20)22-12-5-4-11-21(22)23;1-17(2)28-14-8-13-25-24-26-16-19-15-22(18-9-4-3-5-10-18)20-11-6-7-12-21(20)23(19)27-24;26-11-13-27-12-10-23-22-24-15-17-14-20(16-6-2-1-3-7-16)18-8-4-5-9-19(18)21(17)25-22;1-15(2)13-23-22-24-14-17-12-20(16-8-4-3-5-9-16)18-10-6-7-11-19(18)21(17)25-22/h1-5,9-12,18,23H,6-8,13-17H2,(H,26,27,28);3-7,9-12,16-17,22H,8,13-15H2,1-2H3,(H,25,26,27);1-9,15,20,26H,10-14H2,(H,23,24,25);3-11,14-15,20H,12-13H2,1-2H3,(H,23,24,25). The first-order chi connectivity index (χ1) is 53.7. The molecular formula is C93H101N13O3. The van der Waals surface area contributed by atoms with E-state index in [0.717, 1.165) is 99.4 Å². The number of benzene rings is 8. The second-order valence-electron chi connectivity index (χ2n) is 29.4. The van der Waals surface area contributed by atoms with Crippen molar-refractivity contribution in [2.45, 2.75) is 109 Å². The van der Waals surface area contributed by atoms with Gasteiger partial charge >= 0.3 is 0 Å². The Hall–Kier alpha value is -10.9. The molecule has 0 radical (unpaired) electrons. The third kappa shape index (κ3) is 19.0. The maximum Gasteiger partial charge on any atom is 0.223 e. The Morgan fingerprint density at radius 1 is 0.376 bits per heavy atom. The zero-order valence-corrected chi connectivity index (χ0v) is 63.3.